The van der Waals surface area contributed by atoms with Crippen LogP contribution in [0.15, 0.2) is 87.8 Å². The Hall–Kier alpha value is -3.50. The van der Waals surface area contributed by atoms with Crippen LogP contribution in [0.3, 0.4) is 0 Å². The molecule has 4 aromatic rings. The summed E-state index contributed by atoms with van der Waals surface area (Å²) in [6, 6.07) is 19.0. The van der Waals surface area contributed by atoms with Crippen molar-refractivity contribution >= 4 is 39.8 Å². The predicted octanol–water partition coefficient (Wildman–Crippen LogP) is 4.34. The summed E-state index contributed by atoms with van der Waals surface area (Å²) in [5.41, 5.74) is 5.06. The van der Waals surface area contributed by atoms with Crippen molar-refractivity contribution in [2.24, 2.45) is 5.10 Å². The lowest BCUT2D eigenvalue weighted by Crippen LogP contribution is -2.20. The highest BCUT2D eigenvalue weighted by atomic mass is 79.9. The average Bonchev–Trinajstić information content (AvgIpc) is 3.28. The van der Waals surface area contributed by atoms with Crippen molar-refractivity contribution in [2.75, 3.05) is 12.9 Å². The molecule has 0 saturated heterocycles. The second-order valence-corrected chi connectivity index (χ2v) is 8.54. The van der Waals surface area contributed by atoms with Crippen LogP contribution in [0.4, 0.5) is 0 Å². The van der Waals surface area contributed by atoms with E-state index < -0.39 is 0 Å². The second kappa shape index (κ2) is 10.9. The van der Waals surface area contributed by atoms with E-state index in [1.54, 1.807) is 25.7 Å². The molecule has 33 heavy (non-hydrogen) atoms. The Labute approximate surface area is 203 Å². The van der Waals surface area contributed by atoms with E-state index in [0.29, 0.717) is 16.7 Å². The molecule has 2 aromatic heterocycles. The van der Waals surface area contributed by atoms with E-state index in [-0.39, 0.29) is 11.7 Å². The molecule has 0 bridgehead atoms. The van der Waals surface area contributed by atoms with Gasteiger partial charge in [0.25, 0.3) is 5.91 Å². The number of ether oxygens (including phenoxy) is 1. The fourth-order valence-electron chi connectivity index (χ4n) is 2.98. The van der Waals surface area contributed by atoms with Gasteiger partial charge in [-0.2, -0.15) is 5.10 Å². The van der Waals surface area contributed by atoms with Crippen LogP contribution in [0.5, 0.6) is 5.75 Å². The van der Waals surface area contributed by atoms with Crippen molar-refractivity contribution in [3.05, 3.63) is 83.1 Å². The molecule has 0 atom stereocenters. The fraction of sp³-hybridized carbons (Fsp3) is 0.0870. The third-order valence-corrected chi connectivity index (χ3v) is 5.98. The number of aromatic nitrogens is 4. The molecule has 2 aromatic carbocycles. The van der Waals surface area contributed by atoms with Gasteiger partial charge >= 0.3 is 0 Å². The maximum absolute atomic E-state index is 12.4. The summed E-state index contributed by atoms with van der Waals surface area (Å²) >= 11 is 4.74. The monoisotopic (exact) mass is 522 g/mol. The molecule has 0 saturated carbocycles. The minimum atomic E-state index is -0.262. The van der Waals surface area contributed by atoms with E-state index in [4.69, 9.17) is 4.74 Å². The predicted molar refractivity (Wildman–Crippen MR) is 132 cm³/mol. The number of benzene rings is 2. The topological polar surface area (TPSA) is 94.3 Å². The fourth-order valence-corrected chi connectivity index (χ4v) is 3.99. The van der Waals surface area contributed by atoms with Crippen molar-refractivity contribution in [3.8, 4) is 22.8 Å². The van der Waals surface area contributed by atoms with Gasteiger partial charge in [0, 0.05) is 33.7 Å². The summed E-state index contributed by atoms with van der Waals surface area (Å²) in [6.07, 6.45) is 4.96. The van der Waals surface area contributed by atoms with Gasteiger partial charge in [-0.25, -0.2) is 5.43 Å². The van der Waals surface area contributed by atoms with Crippen molar-refractivity contribution in [2.45, 2.75) is 5.16 Å². The number of para-hydroxylation sites is 1. The molecule has 0 fully saturated rings. The highest BCUT2D eigenvalue weighted by Crippen LogP contribution is 2.28. The van der Waals surface area contributed by atoms with Crippen LogP contribution in [0, 0.1) is 0 Å². The summed E-state index contributed by atoms with van der Waals surface area (Å²) in [7, 11) is 1.59. The number of carbonyl (C=O) groups excluding carboxylic acids is 1. The number of halogens is 1. The molecule has 1 amide bonds. The normalized spacial score (nSPS) is 11.0. The highest BCUT2D eigenvalue weighted by Gasteiger charge is 2.17. The first kappa shape index (κ1) is 22.7. The molecule has 2 heterocycles. The van der Waals surface area contributed by atoms with E-state index >= 15 is 0 Å². The smallest absolute Gasteiger partial charge is 0.250 e. The van der Waals surface area contributed by atoms with E-state index in [1.807, 2.05) is 65.2 Å². The van der Waals surface area contributed by atoms with E-state index in [1.165, 1.54) is 11.8 Å². The molecule has 0 aliphatic carbocycles. The molecule has 8 nitrogen and oxygen atoms in total. The van der Waals surface area contributed by atoms with Gasteiger partial charge in [0.15, 0.2) is 11.0 Å². The summed E-state index contributed by atoms with van der Waals surface area (Å²) in [6.45, 7) is 0. The Morgan fingerprint density at radius 2 is 1.88 bits per heavy atom. The Balaban J connectivity index is 1.50. The number of pyridine rings is 1. The molecule has 0 aliphatic heterocycles. The first-order valence-corrected chi connectivity index (χ1v) is 11.6. The average molecular weight is 523 g/mol. The van der Waals surface area contributed by atoms with Crippen LogP contribution in [0.25, 0.3) is 17.1 Å². The van der Waals surface area contributed by atoms with Crippen LogP contribution in [-0.4, -0.2) is 44.7 Å². The first-order chi connectivity index (χ1) is 16.2. The molecule has 166 valence electrons. The van der Waals surface area contributed by atoms with Gasteiger partial charge in [0.05, 0.1) is 19.1 Å². The molecule has 0 aliphatic rings. The van der Waals surface area contributed by atoms with E-state index in [2.05, 4.69) is 41.6 Å². The maximum atomic E-state index is 12.4. The number of thioether (sulfide) groups is 1. The van der Waals surface area contributed by atoms with Crippen LogP contribution >= 0.6 is 27.7 Å². The molecule has 0 unspecified atom stereocenters. The zero-order valence-corrected chi connectivity index (χ0v) is 20.0. The lowest BCUT2D eigenvalue weighted by molar-refractivity contribution is -0.118. The third kappa shape index (κ3) is 5.65. The van der Waals surface area contributed by atoms with Crippen molar-refractivity contribution < 1.29 is 9.53 Å². The number of carbonyl (C=O) groups is 1. The van der Waals surface area contributed by atoms with Gasteiger partial charge < -0.3 is 4.74 Å². The number of hydrogen-bond acceptors (Lipinski definition) is 7. The zero-order valence-electron chi connectivity index (χ0n) is 17.6. The Morgan fingerprint density at radius 1 is 1.12 bits per heavy atom. The molecule has 0 radical (unpaired) electrons. The lowest BCUT2D eigenvalue weighted by atomic mass is 10.2. The lowest BCUT2D eigenvalue weighted by Gasteiger charge is -2.10. The number of hydrogen-bond donors (Lipinski definition) is 1. The summed E-state index contributed by atoms with van der Waals surface area (Å²) in [5, 5.41) is 13.3. The molecular weight excluding hydrogens is 504 g/mol. The van der Waals surface area contributed by atoms with Gasteiger partial charge in [-0.15, -0.1) is 10.2 Å². The third-order valence-electron chi connectivity index (χ3n) is 4.52. The molecule has 0 spiro atoms. The zero-order chi connectivity index (χ0) is 23.0. The first-order valence-electron chi connectivity index (χ1n) is 9.85. The van der Waals surface area contributed by atoms with Gasteiger partial charge in [0.2, 0.25) is 0 Å². The molecule has 1 N–H and O–H groups in total. The number of nitrogens with one attached hydrogen (secondary N) is 1. The molecule has 4 rings (SSSR count). The quantitative estimate of drug-likeness (QED) is 0.210. The SMILES string of the molecule is COc1ccccc1/C=N/NC(=O)CSc1nnc(-c2ccncc2)n1-c1ccc(Br)cc1. The van der Waals surface area contributed by atoms with Crippen LogP contribution < -0.4 is 10.2 Å². The molecular formula is C23H19BrN6O2S. The van der Waals surface area contributed by atoms with Crippen molar-refractivity contribution in [1.82, 2.24) is 25.2 Å². The Kier molecular flexibility index (Phi) is 7.48. The minimum absolute atomic E-state index is 0.119. The van der Waals surface area contributed by atoms with Gasteiger partial charge in [-0.3, -0.25) is 14.3 Å². The second-order valence-electron chi connectivity index (χ2n) is 6.68. The minimum Gasteiger partial charge on any atom is -0.496 e. The maximum Gasteiger partial charge on any atom is 0.250 e. The van der Waals surface area contributed by atoms with Crippen molar-refractivity contribution in [3.63, 3.8) is 0 Å². The standard InChI is InChI=1S/C23H19BrN6O2S/c1-32-20-5-3-2-4-17(20)14-26-27-21(31)15-33-23-29-28-22(16-10-12-25-13-11-16)30(23)19-8-6-18(24)7-9-19/h2-14H,15H2,1H3,(H,27,31)/b26-14+. The van der Waals surface area contributed by atoms with Crippen LogP contribution in [-0.2, 0) is 4.79 Å². The van der Waals surface area contributed by atoms with E-state index in [9.17, 15) is 4.79 Å². The molecule has 10 heteroatoms. The largest absolute Gasteiger partial charge is 0.496 e. The number of rotatable bonds is 8. The number of nitrogens with zero attached hydrogens (tertiary/aromatic N) is 5. The summed E-state index contributed by atoms with van der Waals surface area (Å²) in [5.74, 6) is 1.20. The van der Waals surface area contributed by atoms with Gasteiger partial charge in [-0.1, -0.05) is 39.8 Å². The summed E-state index contributed by atoms with van der Waals surface area (Å²) < 4.78 is 8.16. The van der Waals surface area contributed by atoms with Gasteiger partial charge in [-0.05, 0) is 48.5 Å². The Morgan fingerprint density at radius 3 is 2.64 bits per heavy atom. The highest BCUT2D eigenvalue weighted by molar-refractivity contribution is 9.10. The Bertz CT molecular complexity index is 1260. The number of amides is 1. The van der Waals surface area contributed by atoms with Crippen LogP contribution in [0.2, 0.25) is 0 Å². The van der Waals surface area contributed by atoms with Crippen LogP contribution in [0.1, 0.15) is 5.56 Å². The van der Waals surface area contributed by atoms with Gasteiger partial charge in [0.1, 0.15) is 5.75 Å². The number of hydrazone groups is 1. The van der Waals surface area contributed by atoms with Crippen molar-refractivity contribution in [1.29, 1.82) is 0 Å². The summed E-state index contributed by atoms with van der Waals surface area (Å²) in [4.78, 5) is 16.5. The number of methoxy groups -OCH3 is 1. The van der Waals surface area contributed by atoms with E-state index in [0.717, 1.165) is 21.3 Å².